The highest BCUT2D eigenvalue weighted by atomic mass is 16.5. The van der Waals surface area contributed by atoms with E-state index in [1.165, 1.54) is 21.3 Å². The Morgan fingerprint density at radius 2 is 1.67 bits per heavy atom. The van der Waals surface area contributed by atoms with Crippen LogP contribution in [0.3, 0.4) is 0 Å². The predicted molar refractivity (Wildman–Crippen MR) is 63.8 cm³/mol. The van der Waals surface area contributed by atoms with E-state index < -0.39 is 5.97 Å². The van der Waals surface area contributed by atoms with Crippen molar-refractivity contribution < 1.29 is 28.8 Å². The van der Waals surface area contributed by atoms with Crippen LogP contribution in [0.25, 0.3) is 0 Å². The smallest absolute Gasteiger partial charge is 0.306 e. The van der Waals surface area contributed by atoms with Crippen LogP contribution in [0.4, 0.5) is 0 Å². The molecule has 0 unspecified atom stereocenters. The first kappa shape index (κ1) is 14.0. The van der Waals surface area contributed by atoms with Gasteiger partial charge in [-0.2, -0.15) is 0 Å². The van der Waals surface area contributed by atoms with Gasteiger partial charge in [0.05, 0.1) is 34.4 Å². The van der Waals surface area contributed by atoms with Gasteiger partial charge in [-0.1, -0.05) is 0 Å². The zero-order chi connectivity index (χ0) is 13.5. The first-order valence-electron chi connectivity index (χ1n) is 5.27. The van der Waals surface area contributed by atoms with Gasteiger partial charge in [-0.3, -0.25) is 4.79 Å². The molecule has 0 aliphatic carbocycles. The lowest BCUT2D eigenvalue weighted by Crippen LogP contribution is -2.05. The third kappa shape index (κ3) is 3.44. The Balaban J connectivity index is 2.89. The van der Waals surface area contributed by atoms with Gasteiger partial charge in [-0.15, -0.1) is 0 Å². The van der Waals surface area contributed by atoms with Crippen molar-refractivity contribution in [2.75, 3.05) is 27.9 Å². The highest BCUT2D eigenvalue weighted by Gasteiger charge is 2.13. The average molecular weight is 256 g/mol. The lowest BCUT2D eigenvalue weighted by Gasteiger charge is -2.14. The number of carbonyl (C=O) groups is 1. The van der Waals surface area contributed by atoms with Crippen LogP contribution in [0.1, 0.15) is 6.42 Å². The predicted octanol–water partition coefficient (Wildman–Crippen LogP) is 1.57. The molecule has 0 spiro atoms. The van der Waals surface area contributed by atoms with E-state index in [1.807, 2.05) is 0 Å². The Morgan fingerprint density at radius 3 is 2.06 bits per heavy atom. The van der Waals surface area contributed by atoms with Gasteiger partial charge in [0.15, 0.2) is 11.5 Å². The largest absolute Gasteiger partial charge is 0.493 e. The van der Waals surface area contributed by atoms with Crippen molar-refractivity contribution in [2.24, 2.45) is 0 Å². The van der Waals surface area contributed by atoms with Gasteiger partial charge in [0.2, 0.25) is 5.75 Å². The van der Waals surface area contributed by atoms with E-state index in [1.54, 1.807) is 12.1 Å². The monoisotopic (exact) mass is 256 g/mol. The summed E-state index contributed by atoms with van der Waals surface area (Å²) in [5, 5.41) is 8.53. The number of benzene rings is 1. The van der Waals surface area contributed by atoms with E-state index in [9.17, 15) is 4.79 Å². The van der Waals surface area contributed by atoms with Gasteiger partial charge in [0.25, 0.3) is 0 Å². The van der Waals surface area contributed by atoms with Gasteiger partial charge < -0.3 is 24.1 Å². The van der Waals surface area contributed by atoms with Crippen molar-refractivity contribution in [3.63, 3.8) is 0 Å². The average Bonchev–Trinajstić information content (AvgIpc) is 2.36. The molecule has 1 aromatic rings. The maximum Gasteiger partial charge on any atom is 0.306 e. The van der Waals surface area contributed by atoms with Crippen molar-refractivity contribution in [3.8, 4) is 23.0 Å². The SMILES string of the molecule is COc1cc(OCCC(=O)O)cc(OC)c1OC. The molecular weight excluding hydrogens is 240 g/mol. The third-order valence-corrected chi connectivity index (χ3v) is 2.22. The van der Waals surface area contributed by atoms with Crippen LogP contribution < -0.4 is 18.9 Å². The first-order chi connectivity index (χ1) is 8.62. The zero-order valence-electron chi connectivity index (χ0n) is 10.6. The third-order valence-electron chi connectivity index (χ3n) is 2.22. The van der Waals surface area contributed by atoms with E-state index in [2.05, 4.69) is 0 Å². The molecule has 0 amide bonds. The maximum atomic E-state index is 10.4. The van der Waals surface area contributed by atoms with Crippen LogP contribution in [-0.2, 0) is 4.79 Å². The molecular formula is C12H16O6. The normalized spacial score (nSPS) is 9.72. The molecule has 0 radical (unpaired) electrons. The number of carboxylic acid groups (broad SMARTS) is 1. The minimum Gasteiger partial charge on any atom is -0.493 e. The second kappa shape index (κ2) is 6.58. The molecule has 1 aromatic carbocycles. The quantitative estimate of drug-likeness (QED) is 0.798. The molecule has 6 heteroatoms. The highest BCUT2D eigenvalue weighted by molar-refractivity contribution is 5.66. The molecule has 0 aromatic heterocycles. The van der Waals surface area contributed by atoms with E-state index in [0.717, 1.165) is 0 Å². The van der Waals surface area contributed by atoms with Crippen molar-refractivity contribution in [3.05, 3.63) is 12.1 Å². The van der Waals surface area contributed by atoms with Crippen molar-refractivity contribution in [2.45, 2.75) is 6.42 Å². The van der Waals surface area contributed by atoms with Crippen molar-refractivity contribution in [1.29, 1.82) is 0 Å². The van der Waals surface area contributed by atoms with Gasteiger partial charge in [-0.05, 0) is 0 Å². The lowest BCUT2D eigenvalue weighted by molar-refractivity contribution is -0.137. The zero-order valence-corrected chi connectivity index (χ0v) is 10.6. The minimum atomic E-state index is -0.914. The summed E-state index contributed by atoms with van der Waals surface area (Å²) in [6, 6.07) is 3.23. The van der Waals surface area contributed by atoms with Gasteiger partial charge in [-0.25, -0.2) is 0 Å². The number of carboxylic acids is 1. The summed E-state index contributed by atoms with van der Waals surface area (Å²) >= 11 is 0. The molecule has 0 heterocycles. The summed E-state index contributed by atoms with van der Waals surface area (Å²) in [6.07, 6.45) is -0.0728. The highest BCUT2D eigenvalue weighted by Crippen LogP contribution is 2.40. The Labute approximate surface area is 105 Å². The molecule has 0 aliphatic heterocycles. The molecule has 18 heavy (non-hydrogen) atoms. The first-order valence-corrected chi connectivity index (χ1v) is 5.27. The fourth-order valence-corrected chi connectivity index (χ4v) is 1.40. The molecule has 0 aliphatic rings. The summed E-state index contributed by atoms with van der Waals surface area (Å²) < 4.78 is 20.8. The minimum absolute atomic E-state index is 0.0728. The molecule has 1 rings (SSSR count). The van der Waals surface area contributed by atoms with Crippen LogP contribution >= 0.6 is 0 Å². The van der Waals surface area contributed by atoms with Gasteiger partial charge >= 0.3 is 5.97 Å². The number of rotatable bonds is 7. The fraction of sp³-hybridized carbons (Fsp3) is 0.417. The van der Waals surface area contributed by atoms with E-state index in [-0.39, 0.29) is 13.0 Å². The van der Waals surface area contributed by atoms with E-state index in [0.29, 0.717) is 23.0 Å². The molecule has 0 atom stereocenters. The van der Waals surface area contributed by atoms with Crippen LogP contribution in [0.2, 0.25) is 0 Å². The summed E-state index contributed by atoms with van der Waals surface area (Å²) in [6.45, 7) is 0.0774. The number of aliphatic carboxylic acids is 1. The van der Waals surface area contributed by atoms with Gasteiger partial charge in [0, 0.05) is 12.1 Å². The number of hydrogen-bond acceptors (Lipinski definition) is 5. The van der Waals surface area contributed by atoms with E-state index >= 15 is 0 Å². The topological polar surface area (TPSA) is 74.2 Å². The Bertz CT molecular complexity index is 390. The molecule has 0 fully saturated rings. The number of hydrogen-bond donors (Lipinski definition) is 1. The number of methoxy groups -OCH3 is 3. The van der Waals surface area contributed by atoms with Crippen LogP contribution in [0, 0.1) is 0 Å². The lowest BCUT2D eigenvalue weighted by atomic mass is 10.2. The summed E-state index contributed by atoms with van der Waals surface area (Å²) in [5.41, 5.74) is 0. The molecule has 6 nitrogen and oxygen atoms in total. The van der Waals surface area contributed by atoms with Crippen LogP contribution in [-0.4, -0.2) is 39.0 Å². The second-order valence-electron chi connectivity index (χ2n) is 3.35. The molecule has 0 bridgehead atoms. The Kier molecular flexibility index (Phi) is 5.10. The summed E-state index contributed by atoms with van der Waals surface area (Å²) in [7, 11) is 4.50. The fourth-order valence-electron chi connectivity index (χ4n) is 1.40. The Hall–Kier alpha value is -2.11. The standard InChI is InChI=1S/C12H16O6/c1-15-9-6-8(18-5-4-11(13)14)7-10(16-2)12(9)17-3/h6-7H,4-5H2,1-3H3,(H,13,14). The molecule has 0 saturated heterocycles. The maximum absolute atomic E-state index is 10.4. The van der Waals surface area contributed by atoms with Crippen molar-refractivity contribution in [1.82, 2.24) is 0 Å². The van der Waals surface area contributed by atoms with Crippen LogP contribution in [0.15, 0.2) is 12.1 Å². The molecule has 0 saturated carbocycles. The second-order valence-corrected chi connectivity index (χ2v) is 3.35. The van der Waals surface area contributed by atoms with E-state index in [4.69, 9.17) is 24.1 Å². The molecule has 100 valence electrons. The molecule has 1 N–H and O–H groups in total. The summed E-state index contributed by atoms with van der Waals surface area (Å²) in [5.74, 6) is 0.933. The van der Waals surface area contributed by atoms with Crippen molar-refractivity contribution >= 4 is 5.97 Å². The van der Waals surface area contributed by atoms with Gasteiger partial charge in [0.1, 0.15) is 5.75 Å². The number of ether oxygens (including phenoxy) is 4. The Morgan fingerprint density at radius 1 is 1.11 bits per heavy atom. The summed E-state index contributed by atoms with van der Waals surface area (Å²) in [4.78, 5) is 10.4. The van der Waals surface area contributed by atoms with Crippen LogP contribution in [0.5, 0.6) is 23.0 Å².